The summed E-state index contributed by atoms with van der Waals surface area (Å²) >= 11 is 7.15. The first-order chi connectivity index (χ1) is 9.08. The van der Waals surface area contributed by atoms with Gasteiger partial charge in [-0.1, -0.05) is 23.4 Å². The minimum Gasteiger partial charge on any atom is -0.373 e. The van der Waals surface area contributed by atoms with Gasteiger partial charge in [0.15, 0.2) is 0 Å². The van der Waals surface area contributed by atoms with Crippen LogP contribution in [0, 0.1) is 10.1 Å². The van der Waals surface area contributed by atoms with E-state index in [1.807, 2.05) is 12.1 Å². The summed E-state index contributed by atoms with van der Waals surface area (Å²) in [6.07, 6.45) is 0. The minimum atomic E-state index is -0.436. The monoisotopic (exact) mass is 295 g/mol. The van der Waals surface area contributed by atoms with Gasteiger partial charge in [0.25, 0.3) is 5.69 Å². The zero-order valence-electron chi connectivity index (χ0n) is 9.96. The third-order valence-electron chi connectivity index (χ3n) is 2.29. The largest absolute Gasteiger partial charge is 0.373 e. The molecule has 0 bridgehead atoms. The molecule has 1 N–H and O–H groups in total. The second kappa shape index (κ2) is 5.90. The summed E-state index contributed by atoms with van der Waals surface area (Å²) < 4.78 is 0. The predicted octanol–water partition coefficient (Wildman–Crippen LogP) is 3.84. The van der Waals surface area contributed by atoms with E-state index in [0.717, 1.165) is 4.90 Å². The molecule has 1 heterocycles. The maximum absolute atomic E-state index is 10.8. The Morgan fingerprint density at radius 2 is 2.00 bits per heavy atom. The van der Waals surface area contributed by atoms with Crippen LogP contribution in [-0.4, -0.2) is 17.0 Å². The highest BCUT2D eigenvalue weighted by atomic mass is 35.5. The molecule has 0 aliphatic carbocycles. The Morgan fingerprint density at radius 1 is 1.32 bits per heavy atom. The van der Waals surface area contributed by atoms with Crippen LogP contribution >= 0.6 is 23.4 Å². The van der Waals surface area contributed by atoms with Gasteiger partial charge in [-0.3, -0.25) is 10.1 Å². The van der Waals surface area contributed by atoms with Crippen molar-refractivity contribution in [2.24, 2.45) is 0 Å². The van der Waals surface area contributed by atoms with Crippen molar-refractivity contribution in [1.82, 2.24) is 4.98 Å². The number of benzene rings is 1. The van der Waals surface area contributed by atoms with E-state index in [0.29, 0.717) is 15.9 Å². The number of hydrogen-bond donors (Lipinski definition) is 1. The van der Waals surface area contributed by atoms with Gasteiger partial charge in [0.1, 0.15) is 10.8 Å². The number of nitro groups is 1. The molecular formula is C12H10ClN3O2S. The van der Waals surface area contributed by atoms with E-state index < -0.39 is 4.92 Å². The molecule has 0 atom stereocenters. The third kappa shape index (κ3) is 3.59. The molecule has 0 saturated heterocycles. The van der Waals surface area contributed by atoms with Crippen LogP contribution in [0.25, 0.3) is 0 Å². The van der Waals surface area contributed by atoms with Gasteiger partial charge in [-0.25, -0.2) is 4.98 Å². The third-order valence-corrected chi connectivity index (χ3v) is 3.47. The molecule has 2 aromatic rings. The van der Waals surface area contributed by atoms with Gasteiger partial charge in [0, 0.05) is 23.0 Å². The lowest BCUT2D eigenvalue weighted by molar-refractivity contribution is -0.385. The number of nitrogens with one attached hydrogen (secondary N) is 1. The average Bonchev–Trinajstić information content (AvgIpc) is 2.41. The van der Waals surface area contributed by atoms with Gasteiger partial charge < -0.3 is 5.32 Å². The highest BCUT2D eigenvalue weighted by Gasteiger charge is 2.11. The Balaban J connectivity index is 2.31. The van der Waals surface area contributed by atoms with Crippen LogP contribution in [0.4, 0.5) is 11.5 Å². The zero-order chi connectivity index (χ0) is 13.8. The number of pyridine rings is 1. The van der Waals surface area contributed by atoms with Crippen LogP contribution in [0.3, 0.4) is 0 Å². The second-order valence-corrected chi connectivity index (χ2v) is 5.14. The van der Waals surface area contributed by atoms with Gasteiger partial charge in [0.2, 0.25) is 0 Å². The summed E-state index contributed by atoms with van der Waals surface area (Å²) in [4.78, 5) is 15.6. The summed E-state index contributed by atoms with van der Waals surface area (Å²) in [6, 6.07) is 10.0. The Labute approximate surface area is 119 Å². The zero-order valence-corrected chi connectivity index (χ0v) is 11.5. The second-order valence-electron chi connectivity index (χ2n) is 3.61. The SMILES string of the molecule is CNc1cc([N+](=O)[O-])cc(Sc2ccc(Cl)cc2)n1. The Hall–Kier alpha value is -1.79. The van der Waals surface area contributed by atoms with Gasteiger partial charge in [-0.2, -0.15) is 0 Å². The van der Waals surface area contributed by atoms with Gasteiger partial charge >= 0.3 is 0 Å². The highest BCUT2D eigenvalue weighted by Crippen LogP contribution is 2.30. The van der Waals surface area contributed by atoms with Gasteiger partial charge in [0.05, 0.1) is 11.0 Å². The van der Waals surface area contributed by atoms with Gasteiger partial charge in [-0.15, -0.1) is 0 Å². The average molecular weight is 296 g/mol. The smallest absolute Gasteiger partial charge is 0.275 e. The lowest BCUT2D eigenvalue weighted by Crippen LogP contribution is -1.96. The number of hydrogen-bond acceptors (Lipinski definition) is 5. The van der Waals surface area contributed by atoms with Crippen molar-refractivity contribution in [3.63, 3.8) is 0 Å². The standard InChI is InChI=1S/C12H10ClN3O2S/c1-14-11-6-9(16(17)18)7-12(15-11)19-10-4-2-8(13)3-5-10/h2-7H,1H3,(H,14,15). The Morgan fingerprint density at radius 3 is 2.58 bits per heavy atom. The number of halogens is 1. The van der Waals surface area contributed by atoms with Crippen LogP contribution in [0.2, 0.25) is 5.02 Å². The molecule has 0 saturated carbocycles. The molecule has 1 aromatic heterocycles. The molecule has 98 valence electrons. The lowest BCUT2D eigenvalue weighted by Gasteiger charge is -2.04. The normalized spacial score (nSPS) is 10.2. The number of nitrogens with zero attached hydrogens (tertiary/aromatic N) is 2. The van der Waals surface area contributed by atoms with Crippen molar-refractivity contribution in [2.75, 3.05) is 12.4 Å². The van der Waals surface area contributed by atoms with Crippen LogP contribution in [0.1, 0.15) is 0 Å². The van der Waals surface area contributed by atoms with E-state index in [4.69, 9.17) is 11.6 Å². The van der Waals surface area contributed by atoms with E-state index in [1.54, 1.807) is 19.2 Å². The first-order valence-electron chi connectivity index (χ1n) is 5.36. The van der Waals surface area contributed by atoms with Crippen LogP contribution in [-0.2, 0) is 0 Å². The molecular weight excluding hydrogens is 286 g/mol. The first-order valence-corrected chi connectivity index (χ1v) is 6.55. The summed E-state index contributed by atoms with van der Waals surface area (Å²) in [5.41, 5.74) is 0.0100. The van der Waals surface area contributed by atoms with Crippen molar-refractivity contribution in [3.05, 3.63) is 51.5 Å². The number of aromatic nitrogens is 1. The van der Waals surface area contributed by atoms with E-state index in [-0.39, 0.29) is 5.69 Å². The van der Waals surface area contributed by atoms with E-state index in [1.165, 1.54) is 23.9 Å². The molecule has 0 radical (unpaired) electrons. The van der Waals surface area contributed by atoms with Crippen molar-refractivity contribution < 1.29 is 4.92 Å². The van der Waals surface area contributed by atoms with Crippen LogP contribution < -0.4 is 5.32 Å². The van der Waals surface area contributed by atoms with E-state index >= 15 is 0 Å². The first kappa shape index (κ1) is 13.6. The lowest BCUT2D eigenvalue weighted by atomic mass is 10.4. The fraction of sp³-hybridized carbons (Fsp3) is 0.0833. The van der Waals surface area contributed by atoms with E-state index in [9.17, 15) is 10.1 Å². The molecule has 2 rings (SSSR count). The molecule has 0 aliphatic rings. The maximum atomic E-state index is 10.8. The summed E-state index contributed by atoms with van der Waals surface area (Å²) in [6.45, 7) is 0. The summed E-state index contributed by atoms with van der Waals surface area (Å²) in [5, 5.41) is 14.9. The molecule has 5 nitrogen and oxygen atoms in total. The molecule has 0 amide bonds. The minimum absolute atomic E-state index is 0.0100. The molecule has 0 aliphatic heterocycles. The highest BCUT2D eigenvalue weighted by molar-refractivity contribution is 7.99. The van der Waals surface area contributed by atoms with Crippen molar-refractivity contribution >= 4 is 34.9 Å². The van der Waals surface area contributed by atoms with Crippen molar-refractivity contribution in [1.29, 1.82) is 0 Å². The molecule has 19 heavy (non-hydrogen) atoms. The number of anilines is 1. The Bertz CT molecular complexity index is 604. The summed E-state index contributed by atoms with van der Waals surface area (Å²) in [7, 11) is 1.67. The molecule has 0 fully saturated rings. The van der Waals surface area contributed by atoms with Gasteiger partial charge in [-0.05, 0) is 24.3 Å². The fourth-order valence-corrected chi connectivity index (χ4v) is 2.36. The molecule has 0 spiro atoms. The fourth-order valence-electron chi connectivity index (χ4n) is 1.40. The van der Waals surface area contributed by atoms with Crippen LogP contribution in [0.15, 0.2) is 46.3 Å². The maximum Gasteiger partial charge on any atom is 0.275 e. The Kier molecular flexibility index (Phi) is 4.24. The summed E-state index contributed by atoms with van der Waals surface area (Å²) in [5.74, 6) is 0.464. The number of rotatable bonds is 4. The molecule has 0 unspecified atom stereocenters. The molecule has 1 aromatic carbocycles. The van der Waals surface area contributed by atoms with Crippen molar-refractivity contribution in [2.45, 2.75) is 9.92 Å². The topological polar surface area (TPSA) is 68.1 Å². The van der Waals surface area contributed by atoms with Crippen LogP contribution in [0.5, 0.6) is 0 Å². The van der Waals surface area contributed by atoms with Crippen molar-refractivity contribution in [3.8, 4) is 0 Å². The predicted molar refractivity (Wildman–Crippen MR) is 76.0 cm³/mol. The van der Waals surface area contributed by atoms with E-state index in [2.05, 4.69) is 10.3 Å². The molecule has 7 heteroatoms. The quantitative estimate of drug-likeness (QED) is 0.685.